The quantitative estimate of drug-likeness (QED) is 0.403. The third kappa shape index (κ3) is 4.26. The molecular formula is C18H15N3O5S. The number of thiazole rings is 1. The lowest BCUT2D eigenvalue weighted by Gasteiger charge is -2.07. The molecule has 27 heavy (non-hydrogen) atoms. The number of nitrogens with zero attached hydrogens (tertiary/aromatic N) is 2. The molecule has 1 heterocycles. The number of carbonyl (C=O) groups is 2. The summed E-state index contributed by atoms with van der Waals surface area (Å²) in [7, 11) is 0. The average molecular weight is 385 g/mol. The fourth-order valence-corrected chi connectivity index (χ4v) is 3.19. The molecule has 1 aromatic heterocycles. The molecule has 0 aliphatic carbocycles. The van der Waals surface area contributed by atoms with Gasteiger partial charge in [-0.15, -0.1) is 0 Å². The van der Waals surface area contributed by atoms with Crippen LogP contribution in [0.2, 0.25) is 0 Å². The predicted molar refractivity (Wildman–Crippen MR) is 101 cm³/mol. The number of anilines is 1. The molecule has 0 spiro atoms. The molecule has 3 aromatic rings. The summed E-state index contributed by atoms with van der Waals surface area (Å²) < 4.78 is 5.90. The Bertz CT molecular complexity index is 1030. The zero-order valence-electron chi connectivity index (χ0n) is 14.5. The maximum Gasteiger partial charge on any atom is 0.338 e. The second-order valence-corrected chi connectivity index (χ2v) is 6.94. The van der Waals surface area contributed by atoms with Crippen LogP contribution < -0.4 is 5.32 Å². The topological polar surface area (TPSA) is 111 Å². The van der Waals surface area contributed by atoms with Crippen molar-refractivity contribution in [3.8, 4) is 0 Å². The van der Waals surface area contributed by atoms with Crippen molar-refractivity contribution in [1.82, 2.24) is 4.98 Å². The molecule has 138 valence electrons. The van der Waals surface area contributed by atoms with Gasteiger partial charge in [-0.05, 0) is 44.2 Å². The summed E-state index contributed by atoms with van der Waals surface area (Å²) in [5.74, 6) is -0.847. The van der Waals surface area contributed by atoms with Crippen molar-refractivity contribution in [2.24, 2.45) is 0 Å². The zero-order valence-corrected chi connectivity index (χ0v) is 15.3. The molecule has 0 saturated carbocycles. The van der Waals surface area contributed by atoms with Gasteiger partial charge >= 0.3 is 5.97 Å². The Hall–Kier alpha value is -3.33. The third-order valence-electron chi connectivity index (χ3n) is 3.53. The van der Waals surface area contributed by atoms with Gasteiger partial charge in [-0.1, -0.05) is 11.3 Å². The largest absolute Gasteiger partial charge is 0.459 e. The lowest BCUT2D eigenvalue weighted by Crippen LogP contribution is -2.11. The molecule has 9 heteroatoms. The second-order valence-electron chi connectivity index (χ2n) is 5.91. The number of nitro groups is 1. The Labute approximate surface area is 157 Å². The van der Waals surface area contributed by atoms with Crippen LogP contribution in [0.4, 0.5) is 10.8 Å². The van der Waals surface area contributed by atoms with Crippen LogP contribution >= 0.6 is 11.3 Å². The Balaban J connectivity index is 1.77. The van der Waals surface area contributed by atoms with Crippen molar-refractivity contribution in [1.29, 1.82) is 0 Å². The van der Waals surface area contributed by atoms with E-state index in [1.54, 1.807) is 32.0 Å². The maximum atomic E-state index is 12.3. The van der Waals surface area contributed by atoms with Gasteiger partial charge in [0, 0.05) is 17.7 Å². The van der Waals surface area contributed by atoms with E-state index in [1.165, 1.54) is 35.6 Å². The summed E-state index contributed by atoms with van der Waals surface area (Å²) >= 11 is 1.22. The Morgan fingerprint density at radius 1 is 1.15 bits per heavy atom. The monoisotopic (exact) mass is 385 g/mol. The van der Waals surface area contributed by atoms with Crippen LogP contribution in [0.25, 0.3) is 10.2 Å². The van der Waals surface area contributed by atoms with Crippen LogP contribution in [0, 0.1) is 10.1 Å². The predicted octanol–water partition coefficient (Wildman–Crippen LogP) is 4.02. The van der Waals surface area contributed by atoms with Gasteiger partial charge in [-0.25, -0.2) is 9.78 Å². The highest BCUT2D eigenvalue weighted by Gasteiger charge is 2.14. The molecule has 0 radical (unpaired) electrons. The highest BCUT2D eigenvalue weighted by atomic mass is 32.1. The lowest BCUT2D eigenvalue weighted by atomic mass is 10.2. The van der Waals surface area contributed by atoms with E-state index in [4.69, 9.17) is 4.74 Å². The van der Waals surface area contributed by atoms with Gasteiger partial charge in [-0.2, -0.15) is 0 Å². The Morgan fingerprint density at radius 2 is 1.81 bits per heavy atom. The average Bonchev–Trinajstić information content (AvgIpc) is 3.02. The number of benzene rings is 2. The number of nitro benzene ring substituents is 1. The van der Waals surface area contributed by atoms with Gasteiger partial charge < -0.3 is 4.74 Å². The smallest absolute Gasteiger partial charge is 0.338 e. The van der Waals surface area contributed by atoms with Crippen LogP contribution in [-0.2, 0) is 4.74 Å². The van der Waals surface area contributed by atoms with Crippen LogP contribution in [-0.4, -0.2) is 27.9 Å². The molecule has 0 aliphatic heterocycles. The SMILES string of the molecule is CC(C)OC(=O)c1ccc2nc(NC(=O)c3ccc([N+](=O)[O-])cc3)sc2c1. The first-order valence-corrected chi connectivity index (χ1v) is 8.82. The fourth-order valence-electron chi connectivity index (χ4n) is 2.29. The van der Waals surface area contributed by atoms with E-state index in [0.717, 1.165) is 4.70 Å². The molecule has 0 saturated heterocycles. The van der Waals surface area contributed by atoms with E-state index in [-0.39, 0.29) is 17.4 Å². The number of non-ortho nitro benzene ring substituents is 1. The summed E-state index contributed by atoms with van der Waals surface area (Å²) in [4.78, 5) is 38.7. The van der Waals surface area contributed by atoms with E-state index < -0.39 is 16.8 Å². The number of hydrogen-bond acceptors (Lipinski definition) is 7. The van der Waals surface area contributed by atoms with Crippen LogP contribution in [0.3, 0.4) is 0 Å². The van der Waals surface area contributed by atoms with Crippen LogP contribution in [0.5, 0.6) is 0 Å². The molecule has 0 fully saturated rings. The number of nitrogens with one attached hydrogen (secondary N) is 1. The first-order chi connectivity index (χ1) is 12.8. The van der Waals surface area contributed by atoms with E-state index >= 15 is 0 Å². The van der Waals surface area contributed by atoms with E-state index in [1.807, 2.05) is 0 Å². The molecule has 0 unspecified atom stereocenters. The van der Waals surface area contributed by atoms with E-state index in [0.29, 0.717) is 16.2 Å². The van der Waals surface area contributed by atoms with E-state index in [9.17, 15) is 19.7 Å². The van der Waals surface area contributed by atoms with Gasteiger partial charge in [-0.3, -0.25) is 20.2 Å². The van der Waals surface area contributed by atoms with Gasteiger partial charge in [0.2, 0.25) is 0 Å². The van der Waals surface area contributed by atoms with Crippen LogP contribution in [0.1, 0.15) is 34.6 Å². The maximum absolute atomic E-state index is 12.3. The molecule has 3 rings (SSSR count). The number of fused-ring (bicyclic) bond motifs is 1. The molecule has 1 amide bonds. The van der Waals surface area contributed by atoms with Gasteiger partial charge in [0.15, 0.2) is 5.13 Å². The van der Waals surface area contributed by atoms with Crippen molar-refractivity contribution >= 4 is 44.2 Å². The summed E-state index contributed by atoms with van der Waals surface area (Å²) in [5, 5.41) is 13.7. The summed E-state index contributed by atoms with van der Waals surface area (Å²) in [5.41, 5.74) is 1.24. The molecule has 0 bridgehead atoms. The minimum atomic E-state index is -0.531. The normalized spacial score (nSPS) is 10.8. The molecule has 1 N–H and O–H groups in total. The molecule has 0 aliphatic rings. The Kier molecular flexibility index (Phi) is 5.13. The summed E-state index contributed by atoms with van der Waals surface area (Å²) in [6.07, 6.45) is -0.216. The van der Waals surface area contributed by atoms with Crippen LogP contribution in [0.15, 0.2) is 42.5 Å². The summed E-state index contributed by atoms with van der Waals surface area (Å²) in [6.45, 7) is 3.55. The molecular weight excluding hydrogens is 370 g/mol. The van der Waals surface area contributed by atoms with Crippen molar-refractivity contribution in [3.63, 3.8) is 0 Å². The number of hydrogen-bond donors (Lipinski definition) is 1. The van der Waals surface area contributed by atoms with Gasteiger partial charge in [0.1, 0.15) is 0 Å². The highest BCUT2D eigenvalue weighted by molar-refractivity contribution is 7.22. The highest BCUT2D eigenvalue weighted by Crippen LogP contribution is 2.27. The number of ether oxygens (including phenoxy) is 1. The third-order valence-corrected chi connectivity index (χ3v) is 4.46. The number of amides is 1. The lowest BCUT2D eigenvalue weighted by molar-refractivity contribution is -0.384. The first kappa shape index (κ1) is 18.5. The van der Waals surface area contributed by atoms with Crippen molar-refractivity contribution < 1.29 is 19.2 Å². The number of carbonyl (C=O) groups excluding carboxylic acids is 2. The minimum absolute atomic E-state index is 0.0904. The number of esters is 1. The number of aromatic nitrogens is 1. The van der Waals surface area contributed by atoms with Gasteiger partial charge in [0.05, 0.1) is 26.8 Å². The minimum Gasteiger partial charge on any atom is -0.459 e. The van der Waals surface area contributed by atoms with E-state index in [2.05, 4.69) is 10.3 Å². The molecule has 8 nitrogen and oxygen atoms in total. The van der Waals surface area contributed by atoms with Crippen molar-refractivity contribution in [3.05, 3.63) is 63.7 Å². The number of rotatable bonds is 5. The van der Waals surface area contributed by atoms with Gasteiger partial charge in [0.25, 0.3) is 11.6 Å². The molecule has 0 atom stereocenters. The summed E-state index contributed by atoms with van der Waals surface area (Å²) in [6, 6.07) is 10.2. The Morgan fingerprint density at radius 3 is 2.44 bits per heavy atom. The first-order valence-electron chi connectivity index (χ1n) is 8.01. The fraction of sp³-hybridized carbons (Fsp3) is 0.167. The standard InChI is InChI=1S/C18H15N3O5S/c1-10(2)26-17(23)12-5-8-14-15(9-12)27-18(19-14)20-16(22)11-3-6-13(7-4-11)21(24)25/h3-10H,1-2H3,(H,19,20,22). The van der Waals surface area contributed by atoms with Crippen molar-refractivity contribution in [2.75, 3.05) is 5.32 Å². The van der Waals surface area contributed by atoms with Crippen molar-refractivity contribution in [2.45, 2.75) is 20.0 Å². The zero-order chi connectivity index (χ0) is 19.6. The second kappa shape index (κ2) is 7.50. The molecule has 2 aromatic carbocycles.